The van der Waals surface area contributed by atoms with E-state index in [2.05, 4.69) is 0 Å². The van der Waals surface area contributed by atoms with Gasteiger partial charge in [-0.05, 0) is 12.0 Å². The van der Waals surface area contributed by atoms with Crippen molar-refractivity contribution in [3.8, 4) is 0 Å². The predicted octanol–water partition coefficient (Wildman–Crippen LogP) is 1.92. The summed E-state index contributed by atoms with van der Waals surface area (Å²) in [7, 11) is 0. The van der Waals surface area contributed by atoms with E-state index in [1.807, 2.05) is 0 Å². The van der Waals surface area contributed by atoms with Crippen molar-refractivity contribution in [2.75, 3.05) is 6.54 Å². The smallest absolute Gasteiger partial charge is 0.330 e. The van der Waals surface area contributed by atoms with Gasteiger partial charge in [0.1, 0.15) is 0 Å². The minimum atomic E-state index is -4.09. The maximum atomic E-state index is 11.7. The molecule has 0 aliphatic heterocycles. The van der Waals surface area contributed by atoms with Crippen LogP contribution in [0, 0.1) is 5.41 Å². The Morgan fingerprint density at radius 2 is 1.60 bits per heavy atom. The van der Waals surface area contributed by atoms with Crippen LogP contribution < -0.4 is 5.73 Å². The van der Waals surface area contributed by atoms with Crippen LogP contribution in [0.1, 0.15) is 20.3 Å². The van der Waals surface area contributed by atoms with Crippen LogP contribution in [0.2, 0.25) is 0 Å². The SMILES string of the molecule is CC(C)(CN)CC(F)(F)F. The molecule has 0 aromatic carbocycles. The Balaban J connectivity index is 3.89. The van der Waals surface area contributed by atoms with E-state index in [-0.39, 0.29) is 6.54 Å². The second-order valence-corrected chi connectivity index (χ2v) is 3.16. The second kappa shape index (κ2) is 2.78. The third-order valence-electron chi connectivity index (χ3n) is 1.23. The zero-order chi connectivity index (χ0) is 8.41. The molecule has 4 heteroatoms. The molecule has 1 nitrogen and oxygen atoms in total. The Bertz CT molecular complexity index is 106. The molecular formula is C6H12F3N. The zero-order valence-corrected chi connectivity index (χ0v) is 6.13. The Labute approximate surface area is 58.4 Å². The fourth-order valence-electron chi connectivity index (χ4n) is 0.615. The molecule has 0 fully saturated rings. The Hall–Kier alpha value is -0.250. The van der Waals surface area contributed by atoms with Crippen molar-refractivity contribution in [2.24, 2.45) is 11.1 Å². The molecule has 0 bridgehead atoms. The zero-order valence-electron chi connectivity index (χ0n) is 6.13. The predicted molar refractivity (Wildman–Crippen MR) is 33.5 cm³/mol. The lowest BCUT2D eigenvalue weighted by atomic mass is 9.89. The van der Waals surface area contributed by atoms with E-state index in [0.717, 1.165) is 0 Å². The lowest BCUT2D eigenvalue weighted by Gasteiger charge is -2.23. The molecular weight excluding hydrogens is 143 g/mol. The monoisotopic (exact) mass is 155 g/mol. The van der Waals surface area contributed by atoms with Gasteiger partial charge < -0.3 is 5.73 Å². The first kappa shape index (κ1) is 9.75. The summed E-state index contributed by atoms with van der Waals surface area (Å²) in [5, 5.41) is 0. The number of alkyl halides is 3. The van der Waals surface area contributed by atoms with Crippen LogP contribution in [0.4, 0.5) is 13.2 Å². The van der Waals surface area contributed by atoms with Crippen LogP contribution in [-0.2, 0) is 0 Å². The van der Waals surface area contributed by atoms with E-state index < -0.39 is 18.0 Å². The first-order chi connectivity index (χ1) is 4.27. The molecule has 62 valence electrons. The molecule has 0 aliphatic rings. The van der Waals surface area contributed by atoms with Gasteiger partial charge in [-0.2, -0.15) is 13.2 Å². The van der Waals surface area contributed by atoms with Gasteiger partial charge in [-0.1, -0.05) is 13.8 Å². The fraction of sp³-hybridized carbons (Fsp3) is 1.00. The second-order valence-electron chi connectivity index (χ2n) is 3.16. The number of hydrogen-bond acceptors (Lipinski definition) is 1. The van der Waals surface area contributed by atoms with Gasteiger partial charge in [-0.25, -0.2) is 0 Å². The van der Waals surface area contributed by atoms with Gasteiger partial charge in [0.15, 0.2) is 0 Å². The highest BCUT2D eigenvalue weighted by Crippen LogP contribution is 2.31. The first-order valence-corrected chi connectivity index (χ1v) is 3.04. The fourth-order valence-corrected chi connectivity index (χ4v) is 0.615. The molecule has 0 unspecified atom stereocenters. The van der Waals surface area contributed by atoms with Gasteiger partial charge in [-0.3, -0.25) is 0 Å². The topological polar surface area (TPSA) is 26.0 Å². The minimum Gasteiger partial charge on any atom is -0.330 e. The van der Waals surface area contributed by atoms with Crippen molar-refractivity contribution >= 4 is 0 Å². The average molecular weight is 155 g/mol. The first-order valence-electron chi connectivity index (χ1n) is 3.04. The van der Waals surface area contributed by atoms with Crippen LogP contribution >= 0.6 is 0 Å². The molecule has 0 spiro atoms. The molecule has 0 atom stereocenters. The molecule has 0 aliphatic carbocycles. The van der Waals surface area contributed by atoms with E-state index in [0.29, 0.717) is 0 Å². The summed E-state index contributed by atoms with van der Waals surface area (Å²) in [5.74, 6) is 0. The summed E-state index contributed by atoms with van der Waals surface area (Å²) < 4.78 is 35.0. The van der Waals surface area contributed by atoms with E-state index in [4.69, 9.17) is 5.73 Å². The third-order valence-corrected chi connectivity index (χ3v) is 1.23. The maximum absolute atomic E-state index is 11.7. The number of hydrogen-bond donors (Lipinski definition) is 1. The largest absolute Gasteiger partial charge is 0.389 e. The van der Waals surface area contributed by atoms with Gasteiger partial charge in [0.25, 0.3) is 0 Å². The maximum Gasteiger partial charge on any atom is 0.389 e. The van der Waals surface area contributed by atoms with Crippen molar-refractivity contribution in [2.45, 2.75) is 26.4 Å². The molecule has 0 heterocycles. The van der Waals surface area contributed by atoms with Crippen LogP contribution in [0.5, 0.6) is 0 Å². The molecule has 0 aromatic rings. The van der Waals surface area contributed by atoms with Gasteiger partial charge in [0, 0.05) is 6.42 Å². The highest BCUT2D eigenvalue weighted by Gasteiger charge is 2.35. The molecule has 0 saturated carbocycles. The summed E-state index contributed by atoms with van der Waals surface area (Å²) >= 11 is 0. The molecule has 0 amide bonds. The number of halogens is 3. The highest BCUT2D eigenvalue weighted by molar-refractivity contribution is 4.72. The number of nitrogens with two attached hydrogens (primary N) is 1. The summed E-state index contributed by atoms with van der Waals surface area (Å²) in [4.78, 5) is 0. The van der Waals surface area contributed by atoms with Crippen LogP contribution in [0.25, 0.3) is 0 Å². The Morgan fingerprint density at radius 1 is 1.20 bits per heavy atom. The average Bonchev–Trinajstić information content (AvgIpc) is 1.60. The lowest BCUT2D eigenvalue weighted by molar-refractivity contribution is -0.153. The quantitative estimate of drug-likeness (QED) is 0.647. The van der Waals surface area contributed by atoms with Crippen LogP contribution in [-0.4, -0.2) is 12.7 Å². The molecule has 0 rings (SSSR count). The van der Waals surface area contributed by atoms with E-state index in [9.17, 15) is 13.2 Å². The molecule has 2 N–H and O–H groups in total. The Morgan fingerprint density at radius 3 is 1.70 bits per heavy atom. The van der Waals surface area contributed by atoms with Gasteiger partial charge in [-0.15, -0.1) is 0 Å². The highest BCUT2D eigenvalue weighted by atomic mass is 19.4. The van der Waals surface area contributed by atoms with Crippen molar-refractivity contribution in [1.29, 1.82) is 0 Å². The molecule has 0 saturated heterocycles. The van der Waals surface area contributed by atoms with Crippen LogP contribution in [0.3, 0.4) is 0 Å². The molecule has 0 radical (unpaired) electrons. The van der Waals surface area contributed by atoms with E-state index >= 15 is 0 Å². The van der Waals surface area contributed by atoms with Crippen LogP contribution in [0.15, 0.2) is 0 Å². The Kier molecular flexibility index (Phi) is 2.71. The van der Waals surface area contributed by atoms with Crippen molar-refractivity contribution < 1.29 is 13.2 Å². The third kappa shape index (κ3) is 4.61. The standard InChI is InChI=1S/C6H12F3N/c1-5(2,4-10)3-6(7,8)9/h3-4,10H2,1-2H3. The summed E-state index contributed by atoms with van der Waals surface area (Å²) in [6.45, 7) is 3.06. The van der Waals surface area contributed by atoms with Gasteiger partial charge >= 0.3 is 6.18 Å². The minimum absolute atomic E-state index is 0.0620. The van der Waals surface area contributed by atoms with Crippen molar-refractivity contribution in [3.63, 3.8) is 0 Å². The summed E-state index contributed by atoms with van der Waals surface area (Å²) in [6.07, 6.45) is -4.90. The lowest BCUT2D eigenvalue weighted by Crippen LogP contribution is -2.29. The molecule has 0 aromatic heterocycles. The molecule has 10 heavy (non-hydrogen) atoms. The van der Waals surface area contributed by atoms with E-state index in [1.165, 1.54) is 13.8 Å². The number of rotatable bonds is 2. The van der Waals surface area contributed by atoms with Crippen molar-refractivity contribution in [3.05, 3.63) is 0 Å². The summed E-state index contributed by atoms with van der Waals surface area (Å²) in [6, 6.07) is 0. The normalized spacial score (nSPS) is 13.8. The van der Waals surface area contributed by atoms with Crippen molar-refractivity contribution in [1.82, 2.24) is 0 Å². The van der Waals surface area contributed by atoms with Gasteiger partial charge in [0.2, 0.25) is 0 Å². The van der Waals surface area contributed by atoms with E-state index in [1.54, 1.807) is 0 Å². The summed E-state index contributed by atoms with van der Waals surface area (Å²) in [5.41, 5.74) is 4.29. The van der Waals surface area contributed by atoms with Gasteiger partial charge in [0.05, 0.1) is 0 Å².